The first kappa shape index (κ1) is 12.7. The quantitative estimate of drug-likeness (QED) is 0.412. The van der Waals surface area contributed by atoms with Crippen molar-refractivity contribution < 1.29 is 4.74 Å². The Morgan fingerprint density at radius 1 is 1.31 bits per heavy atom. The molecule has 0 aliphatic rings. The van der Waals surface area contributed by atoms with Gasteiger partial charge in [-0.15, -0.1) is 0 Å². The molecule has 78 valence electrons. The average molecular weight is 184 g/mol. The van der Waals surface area contributed by atoms with Gasteiger partial charge >= 0.3 is 0 Å². The van der Waals surface area contributed by atoms with Gasteiger partial charge in [-0.25, -0.2) is 0 Å². The van der Waals surface area contributed by atoms with Crippen molar-refractivity contribution in [3.63, 3.8) is 0 Å². The molecule has 1 atom stereocenters. The van der Waals surface area contributed by atoms with Gasteiger partial charge in [0.1, 0.15) is 0 Å². The van der Waals surface area contributed by atoms with E-state index in [4.69, 9.17) is 4.74 Å². The topological polar surface area (TPSA) is 9.23 Å². The largest absolute Gasteiger partial charge is 0.385 e. The van der Waals surface area contributed by atoms with E-state index in [9.17, 15) is 0 Å². The van der Waals surface area contributed by atoms with Gasteiger partial charge in [-0.2, -0.15) is 0 Å². The lowest BCUT2D eigenvalue weighted by atomic mass is 10.0. The van der Waals surface area contributed by atoms with E-state index >= 15 is 0 Å². The summed E-state index contributed by atoms with van der Waals surface area (Å²) in [4.78, 5) is 0. The number of unbranched alkanes of at least 4 members (excludes halogenated alkanes) is 2. The summed E-state index contributed by atoms with van der Waals surface area (Å²) in [6.07, 6.45) is 10.9. The third-order valence-electron chi connectivity index (χ3n) is 2.20. The van der Waals surface area contributed by atoms with Crippen LogP contribution in [-0.4, -0.2) is 13.7 Å². The molecule has 13 heavy (non-hydrogen) atoms. The highest BCUT2D eigenvalue weighted by atomic mass is 16.5. The third-order valence-corrected chi connectivity index (χ3v) is 2.20. The highest BCUT2D eigenvalue weighted by Crippen LogP contribution is 2.08. The zero-order chi connectivity index (χ0) is 9.94. The van der Waals surface area contributed by atoms with E-state index in [1.807, 2.05) is 0 Å². The Morgan fingerprint density at radius 3 is 2.69 bits per heavy atom. The molecular formula is C12H24O. The molecule has 0 heterocycles. The number of allylic oxidation sites excluding steroid dienone is 2. The van der Waals surface area contributed by atoms with Crippen LogP contribution >= 0.6 is 0 Å². The zero-order valence-corrected chi connectivity index (χ0v) is 9.38. The van der Waals surface area contributed by atoms with E-state index in [0.29, 0.717) is 5.92 Å². The summed E-state index contributed by atoms with van der Waals surface area (Å²) in [6.45, 7) is 5.40. The van der Waals surface area contributed by atoms with Crippen LogP contribution in [0.15, 0.2) is 12.2 Å². The van der Waals surface area contributed by atoms with Gasteiger partial charge in [0.05, 0.1) is 0 Å². The molecule has 1 heteroatoms. The lowest BCUT2D eigenvalue weighted by molar-refractivity contribution is 0.190. The Hall–Kier alpha value is -0.300. The molecule has 1 nitrogen and oxygen atoms in total. The first-order chi connectivity index (χ1) is 6.31. The molecule has 0 aromatic rings. The molecule has 0 radical (unpaired) electrons. The standard InChI is InChI=1S/C12H24O/c1-4-5-6-7-9-12(2)10-8-11-13-3/h7,9,12H,4-6,8,10-11H2,1-3H3/b9-7-. The Kier molecular flexibility index (Phi) is 9.56. The van der Waals surface area contributed by atoms with Crippen molar-refractivity contribution in [2.75, 3.05) is 13.7 Å². The van der Waals surface area contributed by atoms with E-state index < -0.39 is 0 Å². The Morgan fingerprint density at radius 2 is 2.08 bits per heavy atom. The second-order valence-corrected chi connectivity index (χ2v) is 3.68. The molecule has 0 rings (SSSR count). The fourth-order valence-electron chi connectivity index (χ4n) is 1.30. The van der Waals surface area contributed by atoms with E-state index in [2.05, 4.69) is 26.0 Å². The molecule has 0 saturated heterocycles. The van der Waals surface area contributed by atoms with E-state index in [1.54, 1.807) is 7.11 Å². The van der Waals surface area contributed by atoms with Crippen LogP contribution in [0.5, 0.6) is 0 Å². The summed E-state index contributed by atoms with van der Waals surface area (Å²) in [5.41, 5.74) is 0. The number of hydrogen-bond donors (Lipinski definition) is 0. The van der Waals surface area contributed by atoms with Crippen molar-refractivity contribution >= 4 is 0 Å². The monoisotopic (exact) mass is 184 g/mol. The maximum atomic E-state index is 5.01. The summed E-state index contributed by atoms with van der Waals surface area (Å²) in [7, 11) is 1.77. The number of rotatable bonds is 8. The van der Waals surface area contributed by atoms with Crippen LogP contribution in [0.2, 0.25) is 0 Å². The van der Waals surface area contributed by atoms with Gasteiger partial charge in [-0.05, 0) is 25.2 Å². The second-order valence-electron chi connectivity index (χ2n) is 3.68. The van der Waals surface area contributed by atoms with Crippen molar-refractivity contribution in [2.24, 2.45) is 5.92 Å². The van der Waals surface area contributed by atoms with Gasteiger partial charge in [-0.1, -0.05) is 38.8 Å². The van der Waals surface area contributed by atoms with Gasteiger partial charge in [-0.3, -0.25) is 0 Å². The van der Waals surface area contributed by atoms with Crippen molar-refractivity contribution in [1.29, 1.82) is 0 Å². The Labute approximate surface area is 83.2 Å². The van der Waals surface area contributed by atoms with Gasteiger partial charge < -0.3 is 4.74 Å². The van der Waals surface area contributed by atoms with Crippen molar-refractivity contribution in [3.8, 4) is 0 Å². The first-order valence-corrected chi connectivity index (χ1v) is 5.46. The zero-order valence-electron chi connectivity index (χ0n) is 9.38. The minimum atomic E-state index is 0.715. The van der Waals surface area contributed by atoms with Crippen LogP contribution in [0, 0.1) is 5.92 Å². The van der Waals surface area contributed by atoms with E-state index in [0.717, 1.165) is 6.61 Å². The molecule has 0 amide bonds. The van der Waals surface area contributed by atoms with Crippen molar-refractivity contribution in [3.05, 3.63) is 12.2 Å². The summed E-state index contributed by atoms with van der Waals surface area (Å²) >= 11 is 0. The van der Waals surface area contributed by atoms with Crippen molar-refractivity contribution in [2.45, 2.75) is 46.0 Å². The van der Waals surface area contributed by atoms with Crippen LogP contribution in [0.25, 0.3) is 0 Å². The smallest absolute Gasteiger partial charge is 0.0462 e. The SMILES string of the molecule is CCCC/C=C\C(C)CCCOC. The Bertz CT molecular complexity index is 118. The molecular weight excluding hydrogens is 160 g/mol. The lowest BCUT2D eigenvalue weighted by Crippen LogP contribution is -1.94. The van der Waals surface area contributed by atoms with Crippen LogP contribution in [-0.2, 0) is 4.74 Å². The second kappa shape index (κ2) is 9.79. The van der Waals surface area contributed by atoms with E-state index in [-0.39, 0.29) is 0 Å². The van der Waals surface area contributed by atoms with Crippen molar-refractivity contribution in [1.82, 2.24) is 0 Å². The molecule has 0 N–H and O–H groups in total. The first-order valence-electron chi connectivity index (χ1n) is 5.46. The third kappa shape index (κ3) is 9.62. The summed E-state index contributed by atoms with van der Waals surface area (Å²) in [6, 6.07) is 0. The molecule has 0 aromatic carbocycles. The summed E-state index contributed by atoms with van der Waals surface area (Å²) in [5, 5.41) is 0. The summed E-state index contributed by atoms with van der Waals surface area (Å²) in [5.74, 6) is 0.715. The van der Waals surface area contributed by atoms with Gasteiger partial charge in [0.15, 0.2) is 0 Å². The van der Waals surface area contributed by atoms with Gasteiger partial charge in [0.25, 0.3) is 0 Å². The average Bonchev–Trinajstić information content (AvgIpc) is 2.13. The normalized spacial score (nSPS) is 13.8. The number of ether oxygens (including phenoxy) is 1. The maximum Gasteiger partial charge on any atom is 0.0462 e. The number of methoxy groups -OCH3 is 1. The Balaban J connectivity index is 3.27. The molecule has 0 aliphatic carbocycles. The van der Waals surface area contributed by atoms with Gasteiger partial charge in [0, 0.05) is 13.7 Å². The molecule has 0 bridgehead atoms. The van der Waals surface area contributed by atoms with Crippen LogP contribution in [0.3, 0.4) is 0 Å². The van der Waals surface area contributed by atoms with Crippen LogP contribution < -0.4 is 0 Å². The maximum absolute atomic E-state index is 5.01. The predicted molar refractivity (Wildman–Crippen MR) is 58.9 cm³/mol. The van der Waals surface area contributed by atoms with E-state index in [1.165, 1.54) is 32.1 Å². The van der Waals surface area contributed by atoms with Crippen LogP contribution in [0.1, 0.15) is 46.0 Å². The summed E-state index contributed by atoms with van der Waals surface area (Å²) < 4.78 is 5.01. The highest BCUT2D eigenvalue weighted by molar-refractivity contribution is 4.85. The van der Waals surface area contributed by atoms with Crippen LogP contribution in [0.4, 0.5) is 0 Å². The lowest BCUT2D eigenvalue weighted by Gasteiger charge is -2.04. The van der Waals surface area contributed by atoms with Gasteiger partial charge in [0.2, 0.25) is 0 Å². The predicted octanol–water partition coefficient (Wildman–Crippen LogP) is 3.80. The minimum absolute atomic E-state index is 0.715. The fourth-order valence-corrected chi connectivity index (χ4v) is 1.30. The number of hydrogen-bond acceptors (Lipinski definition) is 1. The molecule has 0 aliphatic heterocycles. The molecule has 1 unspecified atom stereocenters. The molecule has 0 fully saturated rings. The molecule has 0 spiro atoms. The molecule has 0 saturated carbocycles. The molecule has 0 aromatic heterocycles. The highest BCUT2D eigenvalue weighted by Gasteiger charge is 1.95. The fraction of sp³-hybridized carbons (Fsp3) is 0.833. The minimum Gasteiger partial charge on any atom is -0.385 e.